The van der Waals surface area contributed by atoms with Gasteiger partial charge in [-0.05, 0) is 18.9 Å². The molecule has 0 atom stereocenters. The van der Waals surface area contributed by atoms with Crippen molar-refractivity contribution in [1.29, 1.82) is 0 Å². The highest BCUT2D eigenvalue weighted by atomic mass is 35.5. The number of nitrogens with zero attached hydrogens (tertiary/aromatic N) is 2. The van der Waals surface area contributed by atoms with Crippen LogP contribution in [0.1, 0.15) is 12.8 Å². The smallest absolute Gasteiger partial charge is 0.152 e. The van der Waals surface area contributed by atoms with Crippen molar-refractivity contribution in [3.63, 3.8) is 0 Å². The molecule has 2 N–H and O–H groups in total. The zero-order chi connectivity index (χ0) is 11.5. The van der Waals surface area contributed by atoms with Crippen molar-refractivity contribution in [2.45, 2.75) is 18.9 Å². The van der Waals surface area contributed by atoms with Crippen molar-refractivity contribution in [1.82, 2.24) is 4.98 Å². The minimum atomic E-state index is 0.561. The molecule has 0 amide bonds. The van der Waals surface area contributed by atoms with Crippen molar-refractivity contribution >= 4 is 23.1 Å². The van der Waals surface area contributed by atoms with Crippen LogP contribution in [0.15, 0.2) is 12.3 Å². The second-order valence-electron chi connectivity index (χ2n) is 3.98. The zero-order valence-corrected chi connectivity index (χ0v) is 10.1. The molecule has 88 valence electrons. The Hall–Kier alpha value is -1.00. The van der Waals surface area contributed by atoms with Crippen LogP contribution < -0.4 is 10.6 Å². The third-order valence-corrected chi connectivity index (χ3v) is 2.86. The van der Waals surface area contributed by atoms with Crippen LogP contribution in [0.2, 0.25) is 5.02 Å². The molecule has 1 fully saturated rings. The highest BCUT2D eigenvalue weighted by Crippen LogP contribution is 2.33. The van der Waals surface area contributed by atoms with E-state index in [1.807, 2.05) is 0 Å². The van der Waals surface area contributed by atoms with E-state index < -0.39 is 0 Å². The van der Waals surface area contributed by atoms with Crippen LogP contribution in [-0.2, 0) is 4.74 Å². The van der Waals surface area contributed by atoms with Crippen molar-refractivity contribution in [2.24, 2.45) is 0 Å². The molecular weight excluding hydrogens is 226 g/mol. The van der Waals surface area contributed by atoms with Gasteiger partial charge in [-0.3, -0.25) is 0 Å². The third-order valence-electron chi connectivity index (χ3n) is 2.66. The largest absolute Gasteiger partial charge is 0.396 e. The molecule has 1 aliphatic rings. The summed E-state index contributed by atoms with van der Waals surface area (Å²) in [7, 11) is 1.70. The average molecular weight is 242 g/mol. The molecule has 1 saturated carbocycles. The van der Waals surface area contributed by atoms with E-state index in [0.717, 1.165) is 12.4 Å². The molecule has 0 aliphatic heterocycles. The summed E-state index contributed by atoms with van der Waals surface area (Å²) in [5, 5.41) is 0.573. The van der Waals surface area contributed by atoms with Crippen LogP contribution in [0.5, 0.6) is 0 Å². The Morgan fingerprint density at radius 1 is 1.62 bits per heavy atom. The van der Waals surface area contributed by atoms with Crippen LogP contribution >= 0.6 is 11.6 Å². The van der Waals surface area contributed by atoms with Crippen LogP contribution in [0.3, 0.4) is 0 Å². The topological polar surface area (TPSA) is 51.4 Å². The van der Waals surface area contributed by atoms with Gasteiger partial charge in [-0.1, -0.05) is 11.6 Å². The monoisotopic (exact) mass is 241 g/mol. The number of aromatic nitrogens is 1. The van der Waals surface area contributed by atoms with Gasteiger partial charge in [0.1, 0.15) is 0 Å². The van der Waals surface area contributed by atoms with Gasteiger partial charge in [0, 0.05) is 25.9 Å². The molecule has 16 heavy (non-hydrogen) atoms. The average Bonchev–Trinajstić information content (AvgIpc) is 3.05. The fraction of sp³-hybridized carbons (Fsp3) is 0.545. The van der Waals surface area contributed by atoms with E-state index in [-0.39, 0.29) is 0 Å². The Bertz CT molecular complexity index is 368. The van der Waals surface area contributed by atoms with E-state index in [2.05, 4.69) is 9.88 Å². The highest BCUT2D eigenvalue weighted by molar-refractivity contribution is 6.30. The lowest BCUT2D eigenvalue weighted by molar-refractivity contribution is 0.205. The fourth-order valence-electron chi connectivity index (χ4n) is 1.72. The van der Waals surface area contributed by atoms with E-state index in [0.29, 0.717) is 23.4 Å². The SMILES string of the molecule is COCCN(c1ncc(Cl)cc1N)C1CC1. The first-order chi connectivity index (χ1) is 7.72. The third kappa shape index (κ3) is 2.57. The fourth-order valence-corrected chi connectivity index (χ4v) is 1.89. The first kappa shape index (κ1) is 11.5. The minimum Gasteiger partial charge on any atom is -0.396 e. The van der Waals surface area contributed by atoms with Gasteiger partial charge in [0.25, 0.3) is 0 Å². The van der Waals surface area contributed by atoms with E-state index in [1.165, 1.54) is 12.8 Å². The predicted molar refractivity (Wildman–Crippen MR) is 65.9 cm³/mol. The Labute approximate surface area is 100 Å². The second-order valence-corrected chi connectivity index (χ2v) is 4.42. The van der Waals surface area contributed by atoms with Gasteiger partial charge in [-0.15, -0.1) is 0 Å². The first-order valence-electron chi connectivity index (χ1n) is 5.39. The number of halogens is 1. The molecule has 2 rings (SSSR count). The Morgan fingerprint density at radius 2 is 2.38 bits per heavy atom. The van der Waals surface area contributed by atoms with Gasteiger partial charge in [-0.2, -0.15) is 0 Å². The second kappa shape index (κ2) is 4.89. The van der Waals surface area contributed by atoms with E-state index >= 15 is 0 Å². The maximum atomic E-state index is 5.93. The number of hydrogen-bond acceptors (Lipinski definition) is 4. The summed E-state index contributed by atoms with van der Waals surface area (Å²) in [6, 6.07) is 2.30. The summed E-state index contributed by atoms with van der Waals surface area (Å²) in [6.07, 6.45) is 4.04. The molecule has 0 radical (unpaired) electrons. The summed E-state index contributed by atoms with van der Waals surface area (Å²) < 4.78 is 5.10. The van der Waals surface area contributed by atoms with Gasteiger partial charge in [0.05, 0.1) is 17.3 Å². The van der Waals surface area contributed by atoms with E-state index in [1.54, 1.807) is 19.4 Å². The Kier molecular flexibility index (Phi) is 3.51. The molecule has 0 saturated heterocycles. The quantitative estimate of drug-likeness (QED) is 0.856. The van der Waals surface area contributed by atoms with Crippen molar-refractivity contribution in [3.05, 3.63) is 17.3 Å². The Morgan fingerprint density at radius 3 is 2.94 bits per heavy atom. The molecule has 5 heteroatoms. The molecule has 1 aromatic rings. The molecule has 0 bridgehead atoms. The predicted octanol–water partition coefficient (Wildman–Crippen LogP) is 1.93. The summed E-state index contributed by atoms with van der Waals surface area (Å²) >= 11 is 5.84. The summed E-state index contributed by atoms with van der Waals surface area (Å²) in [5.74, 6) is 0.823. The summed E-state index contributed by atoms with van der Waals surface area (Å²) in [4.78, 5) is 6.51. The van der Waals surface area contributed by atoms with Crippen molar-refractivity contribution in [3.8, 4) is 0 Å². The number of nitrogen functional groups attached to an aromatic ring is 1. The summed E-state index contributed by atoms with van der Waals surface area (Å²) in [6.45, 7) is 1.50. The van der Waals surface area contributed by atoms with Crippen LogP contribution in [-0.4, -0.2) is 31.3 Å². The van der Waals surface area contributed by atoms with Gasteiger partial charge in [0.15, 0.2) is 5.82 Å². The number of methoxy groups -OCH3 is 1. The normalized spacial score (nSPS) is 15.1. The van der Waals surface area contributed by atoms with Gasteiger partial charge in [0.2, 0.25) is 0 Å². The van der Waals surface area contributed by atoms with E-state index in [9.17, 15) is 0 Å². The number of nitrogens with two attached hydrogens (primary N) is 1. The molecule has 0 unspecified atom stereocenters. The van der Waals surface area contributed by atoms with Crippen LogP contribution in [0.4, 0.5) is 11.5 Å². The molecule has 0 aromatic carbocycles. The molecule has 1 aliphatic carbocycles. The number of pyridine rings is 1. The number of anilines is 2. The number of ether oxygens (including phenoxy) is 1. The summed E-state index contributed by atoms with van der Waals surface area (Å²) in [5.41, 5.74) is 6.56. The molecular formula is C11H16ClN3O. The van der Waals surface area contributed by atoms with Crippen LogP contribution in [0, 0.1) is 0 Å². The number of hydrogen-bond donors (Lipinski definition) is 1. The van der Waals surface area contributed by atoms with Crippen molar-refractivity contribution in [2.75, 3.05) is 30.9 Å². The lowest BCUT2D eigenvalue weighted by Gasteiger charge is -2.24. The minimum absolute atomic E-state index is 0.561. The molecule has 1 aromatic heterocycles. The highest BCUT2D eigenvalue weighted by Gasteiger charge is 2.30. The van der Waals surface area contributed by atoms with Gasteiger partial charge >= 0.3 is 0 Å². The zero-order valence-electron chi connectivity index (χ0n) is 9.32. The molecule has 0 spiro atoms. The lowest BCUT2D eigenvalue weighted by Crippen LogP contribution is -2.30. The molecule has 4 nitrogen and oxygen atoms in total. The van der Waals surface area contributed by atoms with Crippen LogP contribution in [0.25, 0.3) is 0 Å². The first-order valence-corrected chi connectivity index (χ1v) is 5.76. The van der Waals surface area contributed by atoms with Gasteiger partial charge in [-0.25, -0.2) is 4.98 Å². The standard InChI is InChI=1S/C11H16ClN3O/c1-16-5-4-15(9-2-3-9)11-10(13)6-8(12)7-14-11/h6-7,9H,2-5,13H2,1H3. The van der Waals surface area contributed by atoms with Crippen molar-refractivity contribution < 1.29 is 4.74 Å². The molecule has 1 heterocycles. The maximum absolute atomic E-state index is 5.93. The van der Waals surface area contributed by atoms with E-state index in [4.69, 9.17) is 22.1 Å². The Balaban J connectivity index is 2.17. The number of rotatable bonds is 5. The maximum Gasteiger partial charge on any atom is 0.152 e. The van der Waals surface area contributed by atoms with Gasteiger partial charge < -0.3 is 15.4 Å². The lowest BCUT2D eigenvalue weighted by atomic mass is 10.3.